The zero-order chi connectivity index (χ0) is 11.0. The second kappa shape index (κ2) is 3.67. The van der Waals surface area contributed by atoms with Gasteiger partial charge in [-0.2, -0.15) is 0 Å². The lowest BCUT2D eigenvalue weighted by molar-refractivity contribution is 0.436. The average Bonchev–Trinajstić information content (AvgIpc) is 2.78. The van der Waals surface area contributed by atoms with Crippen LogP contribution in [0.5, 0.6) is 5.75 Å². The van der Waals surface area contributed by atoms with Crippen LogP contribution in [0, 0.1) is 13.5 Å². The van der Waals surface area contributed by atoms with Gasteiger partial charge in [0.1, 0.15) is 12.4 Å². The molecule has 1 aliphatic rings. The van der Waals surface area contributed by atoms with Gasteiger partial charge in [0.15, 0.2) is 0 Å². The van der Waals surface area contributed by atoms with Crippen LogP contribution in [0.3, 0.4) is 0 Å². The first-order valence-electron chi connectivity index (χ1n) is 5.52. The molecule has 1 heterocycles. The Balaban J connectivity index is 2.13. The van der Waals surface area contributed by atoms with Gasteiger partial charge >= 0.3 is 0 Å². The van der Waals surface area contributed by atoms with Crippen molar-refractivity contribution < 1.29 is 4.74 Å². The van der Waals surface area contributed by atoms with Crippen LogP contribution in [0.25, 0.3) is 11.1 Å². The van der Waals surface area contributed by atoms with Crippen molar-refractivity contribution in [3.8, 4) is 16.9 Å². The zero-order valence-electron chi connectivity index (χ0n) is 9.23. The van der Waals surface area contributed by atoms with Crippen molar-refractivity contribution in [3.05, 3.63) is 60.2 Å². The lowest BCUT2D eigenvalue weighted by Crippen LogP contribution is -1.85. The van der Waals surface area contributed by atoms with Crippen LogP contribution in [0.2, 0.25) is 0 Å². The molecule has 79 valence electrons. The number of para-hydroxylation sites is 1. The minimum Gasteiger partial charge on any atom is -0.485 e. The normalized spacial score (nSPS) is 13.3. The minimum absolute atomic E-state index is 0.912. The van der Waals surface area contributed by atoms with E-state index in [0.29, 0.717) is 0 Å². The lowest BCUT2D eigenvalue weighted by Gasteiger charge is -2.08. The van der Waals surface area contributed by atoms with E-state index in [1.807, 2.05) is 6.61 Å². The lowest BCUT2D eigenvalue weighted by atomic mass is 10.0. The summed E-state index contributed by atoms with van der Waals surface area (Å²) >= 11 is 0. The number of hydrogen-bond acceptors (Lipinski definition) is 1. The topological polar surface area (TPSA) is 9.23 Å². The summed E-state index contributed by atoms with van der Waals surface area (Å²) in [6, 6.07) is 14.9. The smallest absolute Gasteiger partial charge is 0.140 e. The molecule has 1 heteroatoms. The maximum atomic E-state index is 5.59. The Bertz CT molecular complexity index is 511. The fourth-order valence-electron chi connectivity index (χ4n) is 2.06. The Morgan fingerprint density at radius 1 is 1.00 bits per heavy atom. The average molecular weight is 209 g/mol. The van der Waals surface area contributed by atoms with Gasteiger partial charge < -0.3 is 4.74 Å². The number of ether oxygens (including phenoxy) is 1. The van der Waals surface area contributed by atoms with Crippen molar-refractivity contribution in [1.82, 2.24) is 0 Å². The Morgan fingerprint density at radius 2 is 1.81 bits per heavy atom. The van der Waals surface area contributed by atoms with Crippen LogP contribution in [-0.2, 0) is 6.42 Å². The van der Waals surface area contributed by atoms with Crippen LogP contribution >= 0.6 is 0 Å². The van der Waals surface area contributed by atoms with E-state index >= 15 is 0 Å². The molecule has 16 heavy (non-hydrogen) atoms. The Morgan fingerprint density at radius 3 is 2.62 bits per heavy atom. The summed E-state index contributed by atoms with van der Waals surface area (Å²) in [5.74, 6) is 1.02. The monoisotopic (exact) mass is 209 g/mol. The van der Waals surface area contributed by atoms with Crippen LogP contribution in [-0.4, -0.2) is 0 Å². The minimum atomic E-state index is 0.912. The highest BCUT2D eigenvalue weighted by molar-refractivity contribution is 5.73. The van der Waals surface area contributed by atoms with E-state index in [1.54, 1.807) is 0 Å². The number of aryl methyl sites for hydroxylation is 1. The predicted molar refractivity (Wildman–Crippen MR) is 65.2 cm³/mol. The number of hydrogen-bond donors (Lipinski definition) is 0. The number of fused-ring (bicyclic) bond motifs is 1. The van der Waals surface area contributed by atoms with E-state index in [0.717, 1.165) is 12.2 Å². The van der Waals surface area contributed by atoms with Crippen LogP contribution in [0.15, 0.2) is 42.5 Å². The maximum Gasteiger partial charge on any atom is 0.140 e. The third-order valence-corrected chi connectivity index (χ3v) is 2.96. The van der Waals surface area contributed by atoms with Crippen molar-refractivity contribution in [2.45, 2.75) is 13.3 Å². The molecule has 0 fully saturated rings. The highest BCUT2D eigenvalue weighted by Crippen LogP contribution is 2.37. The maximum absolute atomic E-state index is 5.59. The molecule has 0 bridgehead atoms. The molecule has 2 aromatic carbocycles. The van der Waals surface area contributed by atoms with Crippen molar-refractivity contribution in [2.75, 3.05) is 0 Å². The first-order valence-corrected chi connectivity index (χ1v) is 5.52. The summed E-state index contributed by atoms with van der Waals surface area (Å²) in [7, 11) is 0. The van der Waals surface area contributed by atoms with E-state index in [-0.39, 0.29) is 0 Å². The fraction of sp³-hybridized carbons (Fsp3) is 0.133. The summed E-state index contributed by atoms with van der Waals surface area (Å²) in [6.45, 7) is 3.96. The van der Waals surface area contributed by atoms with Gasteiger partial charge in [-0.05, 0) is 18.1 Å². The summed E-state index contributed by atoms with van der Waals surface area (Å²) in [6.07, 6.45) is 0.912. The van der Waals surface area contributed by atoms with Gasteiger partial charge in [-0.25, -0.2) is 0 Å². The first kappa shape index (κ1) is 9.46. The zero-order valence-corrected chi connectivity index (χ0v) is 9.23. The van der Waals surface area contributed by atoms with Gasteiger partial charge in [-0.3, -0.25) is 0 Å². The van der Waals surface area contributed by atoms with Crippen molar-refractivity contribution in [2.24, 2.45) is 0 Å². The number of benzene rings is 2. The summed E-state index contributed by atoms with van der Waals surface area (Å²) < 4.78 is 5.59. The molecule has 1 aliphatic heterocycles. The van der Waals surface area contributed by atoms with Gasteiger partial charge in [-0.1, -0.05) is 48.0 Å². The molecule has 1 nitrogen and oxygen atoms in total. The highest BCUT2D eigenvalue weighted by Gasteiger charge is 2.16. The molecule has 0 aromatic heterocycles. The molecule has 0 saturated carbocycles. The quantitative estimate of drug-likeness (QED) is 0.694. The summed E-state index contributed by atoms with van der Waals surface area (Å²) in [5, 5.41) is 0. The second-order valence-corrected chi connectivity index (χ2v) is 4.15. The highest BCUT2D eigenvalue weighted by atomic mass is 16.5. The Hall–Kier alpha value is -1.76. The number of rotatable bonds is 1. The molecule has 3 rings (SSSR count). The van der Waals surface area contributed by atoms with Crippen LogP contribution < -0.4 is 4.74 Å². The molecule has 1 radical (unpaired) electrons. The third-order valence-electron chi connectivity index (χ3n) is 2.96. The van der Waals surface area contributed by atoms with Crippen molar-refractivity contribution in [3.63, 3.8) is 0 Å². The molecule has 0 atom stereocenters. The first-order chi connectivity index (χ1) is 7.84. The molecule has 0 N–H and O–H groups in total. The van der Waals surface area contributed by atoms with E-state index in [1.165, 1.54) is 22.3 Å². The van der Waals surface area contributed by atoms with Gasteiger partial charge in [0.05, 0.1) is 0 Å². The second-order valence-electron chi connectivity index (χ2n) is 4.15. The predicted octanol–water partition coefficient (Wildman–Crippen LogP) is 3.76. The van der Waals surface area contributed by atoms with Gasteiger partial charge in [-0.15, -0.1) is 0 Å². The molecule has 0 aliphatic carbocycles. The SMILES string of the molecule is Cc1ccc(-c2cccc3c2O[CH]C3)cc1. The van der Waals surface area contributed by atoms with Gasteiger partial charge in [0.2, 0.25) is 0 Å². The van der Waals surface area contributed by atoms with E-state index in [2.05, 4.69) is 49.4 Å². The Kier molecular flexibility index (Phi) is 2.17. The standard InChI is InChI=1S/C15H13O/c1-11-5-7-12(8-6-11)14-4-2-3-13-9-10-16-15(13)14/h2-8,10H,9H2,1H3. The van der Waals surface area contributed by atoms with Crippen LogP contribution in [0.4, 0.5) is 0 Å². The summed E-state index contributed by atoms with van der Waals surface area (Å²) in [5.41, 5.74) is 4.96. The summed E-state index contributed by atoms with van der Waals surface area (Å²) in [4.78, 5) is 0. The largest absolute Gasteiger partial charge is 0.485 e. The molecule has 0 saturated heterocycles. The molecular formula is C15H13O. The van der Waals surface area contributed by atoms with E-state index in [4.69, 9.17) is 4.74 Å². The molecule has 2 aromatic rings. The molecule has 0 spiro atoms. The van der Waals surface area contributed by atoms with Crippen LogP contribution in [0.1, 0.15) is 11.1 Å². The van der Waals surface area contributed by atoms with Crippen molar-refractivity contribution in [1.29, 1.82) is 0 Å². The third kappa shape index (κ3) is 1.49. The van der Waals surface area contributed by atoms with Crippen molar-refractivity contribution >= 4 is 0 Å². The molecule has 0 amide bonds. The van der Waals surface area contributed by atoms with E-state index < -0.39 is 0 Å². The molecule has 0 unspecified atom stereocenters. The fourth-order valence-corrected chi connectivity index (χ4v) is 2.06. The Labute approximate surface area is 95.7 Å². The molecular weight excluding hydrogens is 196 g/mol. The van der Waals surface area contributed by atoms with Gasteiger partial charge in [0, 0.05) is 12.0 Å². The van der Waals surface area contributed by atoms with E-state index in [9.17, 15) is 0 Å². The van der Waals surface area contributed by atoms with Gasteiger partial charge in [0.25, 0.3) is 0 Å².